The summed E-state index contributed by atoms with van der Waals surface area (Å²) in [5.41, 5.74) is 2.87. The predicted molar refractivity (Wildman–Crippen MR) is 77.0 cm³/mol. The van der Waals surface area contributed by atoms with Crippen molar-refractivity contribution in [2.24, 2.45) is 4.99 Å². The van der Waals surface area contributed by atoms with Gasteiger partial charge in [-0.25, -0.2) is 4.98 Å². The van der Waals surface area contributed by atoms with Crippen LogP contribution in [0.2, 0.25) is 0 Å². The zero-order valence-corrected chi connectivity index (χ0v) is 11.3. The molecule has 1 aromatic heterocycles. The van der Waals surface area contributed by atoms with Gasteiger partial charge in [0, 0.05) is 24.2 Å². The molecule has 0 aliphatic rings. The molecule has 0 unspecified atom stereocenters. The molecule has 0 aliphatic heterocycles. The Morgan fingerprint density at radius 3 is 2.78 bits per heavy atom. The van der Waals surface area contributed by atoms with Gasteiger partial charge in [-0.2, -0.15) is 0 Å². The minimum absolute atomic E-state index is 0.653. The molecular weight excluding hydrogens is 224 g/mol. The van der Waals surface area contributed by atoms with Crippen molar-refractivity contribution in [2.45, 2.75) is 27.2 Å². The lowest BCUT2D eigenvalue weighted by Crippen LogP contribution is -1.97. The number of hydrogen-bond acceptors (Lipinski definition) is 3. The maximum atomic E-state index is 5.42. The van der Waals surface area contributed by atoms with E-state index in [9.17, 15) is 0 Å². The van der Waals surface area contributed by atoms with Gasteiger partial charge in [0.1, 0.15) is 0 Å². The molecule has 0 amide bonds. The molecule has 18 heavy (non-hydrogen) atoms. The minimum Gasteiger partial charge on any atom is -0.478 e. The molecule has 1 aromatic rings. The summed E-state index contributed by atoms with van der Waals surface area (Å²) in [4.78, 5) is 8.41. The normalized spacial score (nSPS) is 10.4. The van der Waals surface area contributed by atoms with Crippen LogP contribution in [0.4, 0.5) is 0 Å². The lowest BCUT2D eigenvalue weighted by molar-refractivity contribution is 0.305. The van der Waals surface area contributed by atoms with E-state index in [-0.39, 0.29) is 0 Å². The van der Waals surface area contributed by atoms with Crippen LogP contribution in [0.15, 0.2) is 42.2 Å². The summed E-state index contributed by atoms with van der Waals surface area (Å²) < 4.78 is 5.42. The third-order valence-electron chi connectivity index (χ3n) is 2.17. The number of pyridine rings is 1. The Bertz CT molecular complexity index is 440. The predicted octanol–water partition coefficient (Wildman–Crippen LogP) is 3.88. The first-order valence-electron chi connectivity index (χ1n) is 6.09. The highest BCUT2D eigenvalue weighted by Crippen LogP contribution is 2.15. The average molecular weight is 244 g/mol. The lowest BCUT2D eigenvalue weighted by Gasteiger charge is -2.04. The molecule has 96 valence electrons. The van der Waals surface area contributed by atoms with Crippen LogP contribution in [-0.4, -0.2) is 17.3 Å². The second kappa shape index (κ2) is 7.43. The van der Waals surface area contributed by atoms with Crippen LogP contribution in [0.25, 0.3) is 5.57 Å². The number of ether oxygens (including phenoxy) is 1. The summed E-state index contributed by atoms with van der Waals surface area (Å²) in [6.07, 6.45) is 6.36. The molecule has 0 atom stereocenters. The van der Waals surface area contributed by atoms with Crippen molar-refractivity contribution in [1.29, 1.82) is 0 Å². The zero-order chi connectivity index (χ0) is 13.4. The van der Waals surface area contributed by atoms with Crippen LogP contribution in [0.3, 0.4) is 0 Å². The molecular formula is C15H20N2O. The van der Waals surface area contributed by atoms with Crippen molar-refractivity contribution in [3.63, 3.8) is 0 Å². The fraction of sp³-hybridized carbons (Fsp3) is 0.333. The minimum atomic E-state index is 0.653. The first kappa shape index (κ1) is 14.2. The van der Waals surface area contributed by atoms with Crippen molar-refractivity contribution in [2.75, 3.05) is 6.61 Å². The number of allylic oxidation sites excluding steroid dienone is 2. The third kappa shape index (κ3) is 4.95. The van der Waals surface area contributed by atoms with E-state index in [1.807, 2.05) is 32.1 Å². The quantitative estimate of drug-likeness (QED) is 0.562. The van der Waals surface area contributed by atoms with Gasteiger partial charge in [0.15, 0.2) is 0 Å². The summed E-state index contributed by atoms with van der Waals surface area (Å²) in [6.45, 7) is 10.6. The molecule has 0 radical (unpaired) electrons. The summed E-state index contributed by atoms with van der Waals surface area (Å²) >= 11 is 0. The van der Waals surface area contributed by atoms with Crippen LogP contribution in [0.1, 0.15) is 32.8 Å². The number of nitrogens with zero attached hydrogens (tertiary/aromatic N) is 2. The van der Waals surface area contributed by atoms with E-state index < -0.39 is 0 Å². The maximum absolute atomic E-state index is 5.42. The van der Waals surface area contributed by atoms with Crippen molar-refractivity contribution < 1.29 is 4.74 Å². The number of aliphatic imine (C=N–C) groups is 1. The maximum Gasteiger partial charge on any atom is 0.213 e. The Hall–Kier alpha value is -1.90. The fourth-order valence-electron chi connectivity index (χ4n) is 1.23. The average Bonchev–Trinajstić information content (AvgIpc) is 2.36. The summed E-state index contributed by atoms with van der Waals surface area (Å²) in [7, 11) is 0. The summed E-state index contributed by atoms with van der Waals surface area (Å²) in [6, 6.07) is 3.81. The largest absolute Gasteiger partial charge is 0.478 e. The Kier molecular flexibility index (Phi) is 5.85. The monoisotopic (exact) mass is 244 g/mol. The molecule has 0 aromatic carbocycles. The Morgan fingerprint density at radius 1 is 1.44 bits per heavy atom. The van der Waals surface area contributed by atoms with E-state index in [1.165, 1.54) is 0 Å². The van der Waals surface area contributed by atoms with Crippen molar-refractivity contribution in [3.8, 4) is 5.88 Å². The smallest absolute Gasteiger partial charge is 0.213 e. The molecule has 1 heterocycles. The molecule has 0 bridgehead atoms. The van der Waals surface area contributed by atoms with Gasteiger partial charge in [-0.05, 0) is 43.5 Å². The molecule has 0 saturated carbocycles. The molecule has 0 N–H and O–H groups in total. The first-order valence-corrected chi connectivity index (χ1v) is 6.09. The van der Waals surface area contributed by atoms with Gasteiger partial charge in [0.25, 0.3) is 0 Å². The van der Waals surface area contributed by atoms with Crippen molar-refractivity contribution in [1.82, 2.24) is 4.98 Å². The van der Waals surface area contributed by atoms with E-state index in [4.69, 9.17) is 4.74 Å². The number of rotatable bonds is 6. The van der Waals surface area contributed by atoms with E-state index in [0.717, 1.165) is 23.3 Å². The van der Waals surface area contributed by atoms with Crippen LogP contribution < -0.4 is 4.74 Å². The second-order valence-corrected chi connectivity index (χ2v) is 4.15. The number of hydrogen-bond donors (Lipinski definition) is 0. The molecule has 1 rings (SSSR count). The third-order valence-corrected chi connectivity index (χ3v) is 2.17. The van der Waals surface area contributed by atoms with Gasteiger partial charge in [0.2, 0.25) is 5.88 Å². The van der Waals surface area contributed by atoms with Gasteiger partial charge in [0.05, 0.1) is 6.61 Å². The molecule has 0 spiro atoms. The Morgan fingerprint density at radius 2 is 2.22 bits per heavy atom. The molecule has 0 aliphatic carbocycles. The van der Waals surface area contributed by atoms with Gasteiger partial charge in [-0.1, -0.05) is 13.5 Å². The Labute approximate surface area is 109 Å². The van der Waals surface area contributed by atoms with Crippen LogP contribution in [-0.2, 0) is 0 Å². The van der Waals surface area contributed by atoms with Gasteiger partial charge in [-0.15, -0.1) is 0 Å². The lowest BCUT2D eigenvalue weighted by atomic mass is 10.1. The molecule has 0 saturated heterocycles. The fourth-order valence-corrected chi connectivity index (χ4v) is 1.23. The van der Waals surface area contributed by atoms with Crippen LogP contribution in [0.5, 0.6) is 5.88 Å². The van der Waals surface area contributed by atoms with E-state index in [2.05, 4.69) is 23.5 Å². The zero-order valence-electron chi connectivity index (χ0n) is 11.3. The van der Waals surface area contributed by atoms with Gasteiger partial charge < -0.3 is 4.74 Å². The Balaban J connectivity index is 2.64. The van der Waals surface area contributed by atoms with Crippen molar-refractivity contribution >= 4 is 11.3 Å². The van der Waals surface area contributed by atoms with Gasteiger partial charge >= 0.3 is 0 Å². The molecule has 3 nitrogen and oxygen atoms in total. The van der Waals surface area contributed by atoms with E-state index in [0.29, 0.717) is 12.5 Å². The second-order valence-electron chi connectivity index (χ2n) is 4.15. The van der Waals surface area contributed by atoms with Crippen LogP contribution in [0, 0.1) is 0 Å². The van der Waals surface area contributed by atoms with Crippen LogP contribution >= 0.6 is 0 Å². The highest BCUT2D eigenvalue weighted by Gasteiger charge is 1.98. The standard InChI is InChI=1S/C15H20N2O/c1-5-10-18-15-7-6-14(11-17-15)13(4)8-9-16-12(2)3/h6-9,11H,4-5,10H2,1-3H3/b9-8-. The summed E-state index contributed by atoms with van der Waals surface area (Å²) in [5, 5.41) is 0. The molecule has 3 heteroatoms. The highest BCUT2D eigenvalue weighted by molar-refractivity contribution is 5.80. The van der Waals surface area contributed by atoms with E-state index in [1.54, 1.807) is 12.4 Å². The van der Waals surface area contributed by atoms with Gasteiger partial charge in [-0.3, -0.25) is 4.99 Å². The first-order chi connectivity index (χ1) is 8.63. The highest BCUT2D eigenvalue weighted by atomic mass is 16.5. The molecule has 0 fully saturated rings. The number of aromatic nitrogens is 1. The topological polar surface area (TPSA) is 34.5 Å². The SMILES string of the molecule is C=C(/C=C\N=C(C)C)c1ccc(OCCC)nc1. The summed E-state index contributed by atoms with van der Waals surface area (Å²) in [5.74, 6) is 0.653. The van der Waals surface area contributed by atoms with Crippen molar-refractivity contribution in [3.05, 3.63) is 42.7 Å². The van der Waals surface area contributed by atoms with E-state index >= 15 is 0 Å².